The number of hydrogen-bond donors (Lipinski definition) is 0. The quantitative estimate of drug-likeness (QED) is 0.100. The van der Waals surface area contributed by atoms with Gasteiger partial charge >= 0.3 is 25.8 Å². The first kappa shape index (κ1) is 38.1. The summed E-state index contributed by atoms with van der Waals surface area (Å²) < 4.78 is 0. The number of rotatable bonds is 9. The SMILES string of the molecule is CCCC[Si](C)(c1cccc2c1C=[C-]C2c1ccc(-c2ccccc2)cc1)c1cccc2c1C=[C-]C2c1ccc(-c2ccccc2)cc1.[CH3-].[CH3-].[Hf+4]. The Morgan fingerprint density at radius 1 is 0.490 bits per heavy atom. The average Bonchev–Trinajstić information content (AvgIpc) is 3.80. The zero-order valence-electron chi connectivity index (χ0n) is 30.3. The van der Waals surface area contributed by atoms with Crippen molar-refractivity contribution in [3.8, 4) is 22.3 Å². The minimum atomic E-state index is -2.15. The molecule has 250 valence electrons. The molecule has 0 N–H and O–H groups in total. The molecule has 2 aliphatic carbocycles. The molecule has 0 bridgehead atoms. The van der Waals surface area contributed by atoms with E-state index in [0.717, 1.165) is 0 Å². The van der Waals surface area contributed by atoms with Gasteiger partial charge in [0.2, 0.25) is 0 Å². The van der Waals surface area contributed by atoms with Gasteiger partial charge in [0.15, 0.2) is 0 Å². The predicted octanol–water partition coefficient (Wildman–Crippen LogP) is 11.8. The fraction of sp³-hybridized carbons (Fsp3) is 0.143. The van der Waals surface area contributed by atoms with E-state index in [4.69, 9.17) is 0 Å². The van der Waals surface area contributed by atoms with E-state index >= 15 is 0 Å². The Labute approximate surface area is 326 Å². The van der Waals surface area contributed by atoms with E-state index in [2.05, 4.69) is 183 Å². The van der Waals surface area contributed by atoms with Crippen LogP contribution < -0.4 is 10.4 Å². The molecule has 0 spiro atoms. The van der Waals surface area contributed by atoms with Crippen LogP contribution in [0.2, 0.25) is 12.6 Å². The van der Waals surface area contributed by atoms with Crippen LogP contribution in [0.25, 0.3) is 34.4 Å². The molecule has 0 aliphatic heterocycles. The summed E-state index contributed by atoms with van der Waals surface area (Å²) in [5, 5.41) is 3.09. The standard InChI is InChI=1S/C47H40Si.2CH3.Hf/c1-3-4-33-48(2,46-19-11-17-42-40(29-31-44(42)46)38-25-21-36(22-26-38)34-13-7-5-8-14-34)47-20-12-18-43-41(30-32-45(43)47)39-27-23-37(24-28-39)35-15-9-6-10-16-35;;;/h5-28,31-32,40-41H,3-4,33H2,1-2H3;2*1H3;/q-2;2*-1;+4. The van der Waals surface area contributed by atoms with Crippen LogP contribution in [0.1, 0.15) is 65.0 Å². The fourth-order valence-corrected chi connectivity index (χ4v) is 12.4. The molecule has 0 amide bonds. The van der Waals surface area contributed by atoms with E-state index in [9.17, 15) is 0 Å². The van der Waals surface area contributed by atoms with Gasteiger partial charge in [-0.2, -0.15) is 11.1 Å². The topological polar surface area (TPSA) is 0 Å². The monoisotopic (exact) mass is 842 g/mol. The Hall–Kier alpha value is -4.11. The van der Waals surface area contributed by atoms with E-state index < -0.39 is 8.07 Å². The fourth-order valence-electron chi connectivity index (χ4n) is 7.96. The summed E-state index contributed by atoms with van der Waals surface area (Å²) in [6.07, 6.45) is 14.6. The number of benzene rings is 6. The molecular formula is C49H46HfSi. The van der Waals surface area contributed by atoms with Crippen LogP contribution in [-0.2, 0) is 25.8 Å². The van der Waals surface area contributed by atoms with Gasteiger partial charge in [0.25, 0.3) is 0 Å². The molecule has 6 aromatic carbocycles. The maximum atomic E-state index is 3.79. The minimum Gasteiger partial charge on any atom is -0.358 e. The third-order valence-electron chi connectivity index (χ3n) is 10.6. The molecule has 0 nitrogen and oxygen atoms in total. The second-order valence-corrected chi connectivity index (χ2v) is 17.8. The molecule has 2 atom stereocenters. The molecule has 0 fully saturated rings. The van der Waals surface area contributed by atoms with E-state index in [1.54, 1.807) is 10.4 Å². The Morgan fingerprint density at radius 2 is 0.882 bits per heavy atom. The summed E-state index contributed by atoms with van der Waals surface area (Å²) in [6.45, 7) is 4.94. The third-order valence-corrected chi connectivity index (χ3v) is 15.2. The Kier molecular flexibility index (Phi) is 12.3. The molecule has 6 aromatic rings. The zero-order chi connectivity index (χ0) is 32.5. The van der Waals surface area contributed by atoms with Crippen molar-refractivity contribution in [3.05, 3.63) is 206 Å². The normalized spacial score (nSPS) is 16.2. The van der Waals surface area contributed by atoms with Crippen molar-refractivity contribution in [1.82, 2.24) is 0 Å². The molecule has 0 aromatic heterocycles. The summed E-state index contributed by atoms with van der Waals surface area (Å²) in [6, 6.07) is 54.8. The van der Waals surface area contributed by atoms with Crippen LogP contribution in [0.3, 0.4) is 0 Å². The van der Waals surface area contributed by atoms with Gasteiger partial charge in [-0.25, -0.2) is 12.2 Å². The average molecular weight is 841 g/mol. The molecule has 0 saturated carbocycles. The first-order valence-corrected chi connectivity index (χ1v) is 20.1. The van der Waals surface area contributed by atoms with E-state index in [1.165, 1.54) is 74.5 Å². The second-order valence-electron chi connectivity index (χ2n) is 13.5. The summed E-state index contributed by atoms with van der Waals surface area (Å²) in [7, 11) is -2.15. The van der Waals surface area contributed by atoms with Crippen LogP contribution in [0.5, 0.6) is 0 Å². The van der Waals surface area contributed by atoms with E-state index in [1.807, 2.05) is 0 Å². The third kappa shape index (κ3) is 7.19. The smallest absolute Gasteiger partial charge is 0.358 e. The summed E-state index contributed by atoms with van der Waals surface area (Å²) >= 11 is 0. The van der Waals surface area contributed by atoms with Gasteiger partial charge in [0.05, 0.1) is 8.07 Å². The molecule has 2 unspecified atom stereocenters. The van der Waals surface area contributed by atoms with Gasteiger partial charge in [-0.15, -0.1) is 21.5 Å². The van der Waals surface area contributed by atoms with Crippen molar-refractivity contribution in [2.45, 2.75) is 44.2 Å². The van der Waals surface area contributed by atoms with E-state index in [0.29, 0.717) is 0 Å². The van der Waals surface area contributed by atoms with Gasteiger partial charge < -0.3 is 14.9 Å². The first-order valence-electron chi connectivity index (χ1n) is 17.4. The van der Waals surface area contributed by atoms with Crippen LogP contribution in [0, 0.1) is 27.0 Å². The predicted molar refractivity (Wildman–Crippen MR) is 219 cm³/mol. The molecule has 51 heavy (non-hydrogen) atoms. The van der Waals surface area contributed by atoms with Gasteiger partial charge in [0.1, 0.15) is 0 Å². The zero-order valence-corrected chi connectivity index (χ0v) is 34.9. The maximum Gasteiger partial charge on any atom is 4.00 e. The maximum absolute atomic E-state index is 3.79. The van der Waals surface area contributed by atoms with Crippen molar-refractivity contribution in [1.29, 1.82) is 0 Å². The van der Waals surface area contributed by atoms with Crippen LogP contribution >= 0.6 is 0 Å². The molecular weight excluding hydrogens is 795 g/mol. The van der Waals surface area contributed by atoms with Gasteiger partial charge in [-0.3, -0.25) is 12.2 Å². The van der Waals surface area contributed by atoms with Crippen molar-refractivity contribution >= 4 is 30.6 Å². The Morgan fingerprint density at radius 3 is 1.27 bits per heavy atom. The van der Waals surface area contributed by atoms with Crippen LogP contribution in [0.15, 0.2) is 146 Å². The van der Waals surface area contributed by atoms with Crippen LogP contribution in [0.4, 0.5) is 0 Å². The van der Waals surface area contributed by atoms with E-state index in [-0.39, 0.29) is 52.5 Å². The number of hydrogen-bond acceptors (Lipinski definition) is 0. The van der Waals surface area contributed by atoms with Crippen molar-refractivity contribution < 1.29 is 25.8 Å². The number of allylic oxidation sites excluding steroid dienone is 2. The van der Waals surface area contributed by atoms with Gasteiger partial charge in [0, 0.05) is 0 Å². The molecule has 2 heteroatoms. The van der Waals surface area contributed by atoms with Crippen molar-refractivity contribution in [2.75, 3.05) is 0 Å². The number of unbranched alkanes of at least 4 members (excludes halogenated alkanes) is 1. The van der Waals surface area contributed by atoms with Gasteiger partial charge in [-0.1, -0.05) is 201 Å². The molecule has 8 rings (SSSR count). The first-order chi connectivity index (χ1) is 23.6. The largest absolute Gasteiger partial charge is 4.00 e. The Balaban J connectivity index is 0.00000168. The second kappa shape index (κ2) is 16.5. The Bertz CT molecular complexity index is 1960. The van der Waals surface area contributed by atoms with Gasteiger partial charge in [-0.05, 0) is 22.3 Å². The van der Waals surface area contributed by atoms with Crippen molar-refractivity contribution in [2.24, 2.45) is 0 Å². The molecule has 0 saturated heterocycles. The summed E-state index contributed by atoms with van der Waals surface area (Å²) in [4.78, 5) is 0. The number of fused-ring (bicyclic) bond motifs is 2. The van der Waals surface area contributed by atoms with Crippen molar-refractivity contribution in [3.63, 3.8) is 0 Å². The molecule has 2 aliphatic rings. The summed E-state index contributed by atoms with van der Waals surface area (Å²) in [5.41, 5.74) is 13.2. The minimum absolute atomic E-state index is 0. The molecule has 0 heterocycles. The summed E-state index contributed by atoms with van der Waals surface area (Å²) in [5.74, 6) is 0.319. The molecule has 0 radical (unpaired) electrons. The van der Waals surface area contributed by atoms with Crippen LogP contribution in [-0.4, -0.2) is 8.07 Å².